The van der Waals surface area contributed by atoms with Crippen LogP contribution in [0.1, 0.15) is 44.7 Å². The van der Waals surface area contributed by atoms with Crippen LogP contribution in [0.15, 0.2) is 54.6 Å². The van der Waals surface area contributed by atoms with Gasteiger partial charge in [0.1, 0.15) is 11.5 Å². The number of anilines is 1. The Labute approximate surface area is 197 Å². The minimum absolute atomic E-state index is 0.0105. The van der Waals surface area contributed by atoms with Gasteiger partial charge >= 0.3 is 12.1 Å². The van der Waals surface area contributed by atoms with Gasteiger partial charge in [-0.25, -0.2) is 9.69 Å². The molecule has 2 aromatic rings. The maximum atomic E-state index is 13.6. The lowest BCUT2D eigenvalue weighted by molar-refractivity contribution is -0.529. The van der Waals surface area contributed by atoms with Crippen LogP contribution in [0.25, 0.3) is 0 Å². The van der Waals surface area contributed by atoms with Gasteiger partial charge in [0.15, 0.2) is 0 Å². The summed E-state index contributed by atoms with van der Waals surface area (Å²) in [5.74, 6) is -4.34. The van der Waals surface area contributed by atoms with Crippen LogP contribution >= 0.6 is 0 Å². The Balaban J connectivity index is 2.10. The van der Waals surface area contributed by atoms with Crippen LogP contribution in [0.5, 0.6) is 0 Å². The highest BCUT2D eigenvalue weighted by Gasteiger charge is 2.54. The lowest BCUT2D eigenvalue weighted by Gasteiger charge is -2.26. The fourth-order valence-corrected chi connectivity index (χ4v) is 4.13. The second-order valence-electron chi connectivity index (χ2n) is 9.01. The second kappa shape index (κ2) is 10.0. The number of ether oxygens (including phenoxy) is 2. The van der Waals surface area contributed by atoms with Crippen molar-refractivity contribution in [3.8, 4) is 0 Å². The first-order chi connectivity index (χ1) is 16.0. The molecule has 2 amide bonds. The predicted octanol–water partition coefficient (Wildman–Crippen LogP) is 4.12. The molecule has 34 heavy (non-hydrogen) atoms. The molecule has 3 atom stereocenters. The molecule has 9 nitrogen and oxygen atoms in total. The van der Waals surface area contributed by atoms with Crippen LogP contribution in [-0.4, -0.2) is 41.1 Å². The summed E-state index contributed by atoms with van der Waals surface area (Å²) in [4.78, 5) is 52.2. The lowest BCUT2D eigenvalue weighted by Crippen LogP contribution is -2.46. The SMILES string of the molecule is CCOC(=O)[C@H]([C@H]1C(=O)N(C(=O)OC(C)(C)C)c2ccccc21)[C@H](Cc1ccccc1)[N+](=O)[O-]. The van der Waals surface area contributed by atoms with Crippen LogP contribution in [0, 0.1) is 16.0 Å². The topological polar surface area (TPSA) is 116 Å². The van der Waals surface area contributed by atoms with Crippen LogP contribution < -0.4 is 4.90 Å². The van der Waals surface area contributed by atoms with E-state index < -0.39 is 46.4 Å². The van der Waals surface area contributed by atoms with E-state index in [9.17, 15) is 24.5 Å². The number of carbonyl (C=O) groups excluding carboxylic acids is 3. The molecule has 2 aromatic carbocycles. The fraction of sp³-hybridized carbons (Fsp3) is 0.400. The largest absolute Gasteiger partial charge is 0.466 e. The van der Waals surface area contributed by atoms with Gasteiger partial charge in [-0.15, -0.1) is 0 Å². The monoisotopic (exact) mass is 468 g/mol. The minimum Gasteiger partial charge on any atom is -0.466 e. The summed E-state index contributed by atoms with van der Waals surface area (Å²) in [5.41, 5.74) is 0.349. The number of para-hydroxylation sites is 1. The molecular formula is C25H28N2O7. The van der Waals surface area contributed by atoms with E-state index in [1.54, 1.807) is 82.3 Å². The van der Waals surface area contributed by atoms with Gasteiger partial charge in [-0.1, -0.05) is 48.5 Å². The average Bonchev–Trinajstić information content (AvgIpc) is 3.05. The first-order valence-electron chi connectivity index (χ1n) is 11.0. The number of nitrogens with zero attached hydrogens (tertiary/aromatic N) is 2. The summed E-state index contributed by atoms with van der Waals surface area (Å²) in [5, 5.41) is 12.2. The van der Waals surface area contributed by atoms with Crippen molar-refractivity contribution in [2.45, 2.75) is 51.7 Å². The van der Waals surface area contributed by atoms with E-state index in [1.807, 2.05) is 0 Å². The third kappa shape index (κ3) is 5.24. The highest BCUT2D eigenvalue weighted by atomic mass is 16.6. The second-order valence-corrected chi connectivity index (χ2v) is 9.01. The zero-order chi connectivity index (χ0) is 25.0. The Morgan fingerprint density at radius 3 is 2.29 bits per heavy atom. The van der Waals surface area contributed by atoms with E-state index in [4.69, 9.17) is 9.47 Å². The number of amides is 2. The molecular weight excluding hydrogens is 440 g/mol. The van der Waals surface area contributed by atoms with Crippen molar-refractivity contribution in [2.24, 2.45) is 5.92 Å². The van der Waals surface area contributed by atoms with Gasteiger partial charge in [0.25, 0.3) is 0 Å². The molecule has 1 aliphatic heterocycles. The van der Waals surface area contributed by atoms with Gasteiger partial charge in [-0.05, 0) is 44.9 Å². The molecule has 0 radical (unpaired) electrons. The highest BCUT2D eigenvalue weighted by Crippen LogP contribution is 2.44. The number of esters is 1. The summed E-state index contributed by atoms with van der Waals surface area (Å²) < 4.78 is 10.6. The molecule has 0 aromatic heterocycles. The van der Waals surface area contributed by atoms with Gasteiger partial charge in [0.2, 0.25) is 11.9 Å². The van der Waals surface area contributed by atoms with Crippen molar-refractivity contribution in [1.82, 2.24) is 0 Å². The van der Waals surface area contributed by atoms with Gasteiger partial charge < -0.3 is 9.47 Å². The third-order valence-electron chi connectivity index (χ3n) is 5.47. The Morgan fingerprint density at radius 2 is 1.71 bits per heavy atom. The van der Waals surface area contributed by atoms with E-state index in [-0.39, 0.29) is 18.7 Å². The molecule has 0 aliphatic carbocycles. The molecule has 0 saturated heterocycles. The quantitative estimate of drug-likeness (QED) is 0.341. The van der Waals surface area contributed by atoms with E-state index in [2.05, 4.69) is 0 Å². The maximum Gasteiger partial charge on any atom is 0.421 e. The summed E-state index contributed by atoms with van der Waals surface area (Å²) in [7, 11) is 0. The fourth-order valence-electron chi connectivity index (χ4n) is 4.13. The van der Waals surface area contributed by atoms with Crippen molar-refractivity contribution in [3.05, 3.63) is 75.8 Å². The van der Waals surface area contributed by atoms with Gasteiger partial charge in [-0.2, -0.15) is 0 Å². The molecule has 0 saturated carbocycles. The van der Waals surface area contributed by atoms with Crippen LogP contribution in [-0.2, 0) is 25.5 Å². The number of hydrogen-bond acceptors (Lipinski definition) is 7. The van der Waals surface area contributed by atoms with Crippen LogP contribution in [0.2, 0.25) is 0 Å². The van der Waals surface area contributed by atoms with Gasteiger partial charge in [0, 0.05) is 11.3 Å². The molecule has 0 bridgehead atoms. The Hall–Kier alpha value is -3.75. The van der Waals surface area contributed by atoms with E-state index in [0.717, 1.165) is 4.90 Å². The number of hydrogen-bond donors (Lipinski definition) is 0. The first kappa shape index (κ1) is 24.9. The lowest BCUT2D eigenvalue weighted by atomic mass is 9.80. The van der Waals surface area contributed by atoms with Crippen LogP contribution in [0.3, 0.4) is 0 Å². The molecule has 1 aliphatic rings. The molecule has 0 spiro atoms. The number of rotatable bonds is 7. The summed E-state index contributed by atoms with van der Waals surface area (Å²) >= 11 is 0. The third-order valence-corrected chi connectivity index (χ3v) is 5.47. The predicted molar refractivity (Wildman–Crippen MR) is 124 cm³/mol. The average molecular weight is 469 g/mol. The molecule has 0 fully saturated rings. The number of benzene rings is 2. The van der Waals surface area contributed by atoms with Gasteiger partial charge in [0.05, 0.1) is 18.2 Å². The Bertz CT molecular complexity index is 1080. The zero-order valence-corrected chi connectivity index (χ0v) is 19.6. The number of carbonyl (C=O) groups is 3. The van der Waals surface area contributed by atoms with Crippen molar-refractivity contribution >= 4 is 23.7 Å². The van der Waals surface area contributed by atoms with E-state index >= 15 is 0 Å². The van der Waals surface area contributed by atoms with Crippen LogP contribution in [0.4, 0.5) is 10.5 Å². The standard InChI is InChI=1S/C25H28N2O7/c1-5-33-23(29)21(19(27(31)32)15-16-11-7-6-8-12-16)20-17-13-9-10-14-18(17)26(22(20)28)24(30)34-25(2,3)4/h6-14,19-21H,5,15H2,1-4H3/t19-,20-,21-/m0/s1. The van der Waals surface area contributed by atoms with E-state index in [1.165, 1.54) is 0 Å². The normalized spacial score (nSPS) is 17.0. The molecule has 9 heteroatoms. The first-order valence-corrected chi connectivity index (χ1v) is 11.0. The smallest absolute Gasteiger partial charge is 0.421 e. The molecule has 180 valence electrons. The maximum absolute atomic E-state index is 13.6. The molecule has 1 heterocycles. The van der Waals surface area contributed by atoms with Crippen molar-refractivity contribution in [2.75, 3.05) is 11.5 Å². The molecule has 0 N–H and O–H groups in total. The minimum atomic E-state index is -1.46. The number of fused-ring (bicyclic) bond motifs is 1. The summed E-state index contributed by atoms with van der Waals surface area (Å²) in [6, 6.07) is 13.7. The number of nitro groups is 1. The van der Waals surface area contributed by atoms with Crippen molar-refractivity contribution < 1.29 is 28.8 Å². The number of imide groups is 1. The van der Waals surface area contributed by atoms with Crippen molar-refractivity contribution in [3.63, 3.8) is 0 Å². The highest BCUT2D eigenvalue weighted by molar-refractivity contribution is 6.20. The van der Waals surface area contributed by atoms with Gasteiger partial charge in [-0.3, -0.25) is 19.7 Å². The summed E-state index contributed by atoms with van der Waals surface area (Å²) in [6.07, 6.45) is -0.994. The van der Waals surface area contributed by atoms with Crippen molar-refractivity contribution in [1.29, 1.82) is 0 Å². The molecule has 3 rings (SSSR count). The Kier molecular flexibility index (Phi) is 7.34. The Morgan fingerprint density at radius 1 is 1.09 bits per heavy atom. The summed E-state index contributed by atoms with van der Waals surface area (Å²) in [6.45, 7) is 6.57. The van der Waals surface area contributed by atoms with E-state index in [0.29, 0.717) is 11.1 Å². The zero-order valence-electron chi connectivity index (χ0n) is 19.6. The molecule has 0 unspecified atom stereocenters.